The van der Waals surface area contributed by atoms with E-state index in [0.717, 1.165) is 0 Å². The molecule has 0 rings (SSSR count). The molecule has 0 fully saturated rings. The van der Waals surface area contributed by atoms with Gasteiger partial charge in [0, 0.05) is 47.7 Å². The summed E-state index contributed by atoms with van der Waals surface area (Å²) in [5.74, 6) is -5.24. The molecular weight excluding hydrogens is 664 g/mol. The van der Waals surface area contributed by atoms with Crippen LogP contribution in [0.15, 0.2) is 0 Å². The maximum absolute atomic E-state index is 11.7. The Morgan fingerprint density at radius 1 is 0.469 bits per heavy atom. The summed E-state index contributed by atoms with van der Waals surface area (Å²) < 4.78 is 0. The van der Waals surface area contributed by atoms with Gasteiger partial charge in [-0.15, -0.1) is 0 Å². The third kappa shape index (κ3) is 56.2. The second kappa shape index (κ2) is 45.6. The van der Waals surface area contributed by atoms with E-state index in [2.05, 4.69) is 0 Å². The number of hydrogen-bond acceptors (Lipinski definition) is 15. The van der Waals surface area contributed by atoms with Crippen LogP contribution in [0.5, 0.6) is 0 Å². The van der Waals surface area contributed by atoms with Gasteiger partial charge in [-0.05, 0) is 6.42 Å². The van der Waals surface area contributed by atoms with Crippen molar-refractivity contribution < 1.29 is 74.8 Å². The Labute approximate surface area is 289 Å². The standard InChI is InChI=1S/C13H24N4O7.4C2H5NO2.5CH4/c1-4-6-14(3)11(19)7-16(23)13(21)9-17(24)12(20)8-15(22)10(18)5-2;4*1-2(4)3-5;;;;;/h22-24H,4-9H2,1-3H3;4*5H,1H3,(H,3,4);5*1H4. The Bertz CT molecular complexity index is 840. The monoisotopic (exact) mass is 728 g/mol. The summed E-state index contributed by atoms with van der Waals surface area (Å²) in [6.07, 6.45) is 0.653. The maximum Gasteiger partial charge on any atom is 0.268 e. The van der Waals surface area contributed by atoms with E-state index in [4.69, 9.17) is 20.8 Å². The largest absolute Gasteiger partial charge is 0.344 e. The number of hydroxylamine groups is 10. The van der Waals surface area contributed by atoms with Gasteiger partial charge in [0.05, 0.1) is 0 Å². The van der Waals surface area contributed by atoms with Crippen molar-refractivity contribution in [2.45, 2.75) is 91.5 Å². The Morgan fingerprint density at radius 3 is 0.857 bits per heavy atom. The van der Waals surface area contributed by atoms with Gasteiger partial charge in [-0.1, -0.05) is 51.0 Å². The molecule has 0 aromatic carbocycles. The first kappa shape index (κ1) is 70.7. The van der Waals surface area contributed by atoms with Crippen LogP contribution in [0, 0.1) is 0 Å². The van der Waals surface area contributed by atoms with E-state index < -0.39 is 66.9 Å². The van der Waals surface area contributed by atoms with Gasteiger partial charge in [-0.3, -0.25) is 74.8 Å². The molecule has 0 heterocycles. The summed E-state index contributed by atoms with van der Waals surface area (Å²) in [4.78, 5) is 85.1. The zero-order valence-electron chi connectivity index (χ0n) is 25.4. The molecule has 0 aliphatic heterocycles. The van der Waals surface area contributed by atoms with Crippen molar-refractivity contribution >= 4 is 47.3 Å². The minimum Gasteiger partial charge on any atom is -0.344 e. The topological polar surface area (TPSA) is 339 Å². The lowest BCUT2D eigenvalue weighted by molar-refractivity contribution is -0.194. The molecule has 0 radical (unpaired) electrons. The van der Waals surface area contributed by atoms with Crippen molar-refractivity contribution in [1.82, 2.24) is 42.0 Å². The zero-order chi connectivity index (χ0) is 36.0. The predicted molar refractivity (Wildman–Crippen MR) is 175 cm³/mol. The molecule has 23 heteroatoms. The Kier molecular flexibility index (Phi) is 65.8. The second-order valence-electron chi connectivity index (χ2n) is 7.69. The number of amides is 8. The lowest BCUT2D eigenvalue weighted by Gasteiger charge is -2.22. The third-order valence-corrected chi connectivity index (χ3v) is 3.64. The quantitative estimate of drug-likeness (QED) is 0.111. The van der Waals surface area contributed by atoms with E-state index in [0.29, 0.717) is 13.0 Å². The highest BCUT2D eigenvalue weighted by Crippen LogP contribution is 1.96. The van der Waals surface area contributed by atoms with Crippen LogP contribution in [0.2, 0.25) is 0 Å². The number of nitrogens with one attached hydrogen (secondary N) is 4. The summed E-state index contributed by atoms with van der Waals surface area (Å²) in [6, 6.07) is 0. The first-order chi connectivity index (χ1) is 20.2. The van der Waals surface area contributed by atoms with E-state index >= 15 is 0 Å². The van der Waals surface area contributed by atoms with Crippen LogP contribution in [-0.2, 0) is 38.4 Å². The molecule has 0 bridgehead atoms. The Balaban J connectivity index is -0.0000000626. The zero-order valence-corrected chi connectivity index (χ0v) is 25.4. The molecule has 11 N–H and O–H groups in total. The van der Waals surface area contributed by atoms with E-state index in [-0.39, 0.29) is 58.7 Å². The minimum absolute atomic E-state index is 0. The molecule has 0 spiro atoms. The minimum atomic E-state index is -1.13. The van der Waals surface area contributed by atoms with Crippen molar-refractivity contribution in [2.75, 3.05) is 33.2 Å². The number of hydrogen-bond donors (Lipinski definition) is 11. The van der Waals surface area contributed by atoms with Crippen LogP contribution in [0.25, 0.3) is 0 Å². The molecule has 0 saturated carbocycles. The number of carbonyl (C=O) groups excluding carboxylic acids is 8. The van der Waals surface area contributed by atoms with E-state index in [1.54, 1.807) is 0 Å². The number of likely N-dealkylation sites (N-methyl/N-ethyl adjacent to an activating group) is 1. The van der Waals surface area contributed by atoms with Gasteiger partial charge in [0.25, 0.3) is 11.8 Å². The van der Waals surface area contributed by atoms with Crippen molar-refractivity contribution in [3.8, 4) is 0 Å². The fraction of sp³-hybridized carbons (Fsp3) is 0.692. The average Bonchev–Trinajstić information content (AvgIpc) is 2.97. The molecule has 0 aliphatic rings. The van der Waals surface area contributed by atoms with Gasteiger partial charge in [-0.2, -0.15) is 0 Å². The van der Waals surface area contributed by atoms with Gasteiger partial charge in [-0.25, -0.2) is 37.1 Å². The molecule has 298 valence electrons. The van der Waals surface area contributed by atoms with Crippen LogP contribution in [0.4, 0.5) is 0 Å². The molecule has 0 atom stereocenters. The van der Waals surface area contributed by atoms with Crippen molar-refractivity contribution in [2.24, 2.45) is 0 Å². The number of carbonyl (C=O) groups is 8. The van der Waals surface area contributed by atoms with Gasteiger partial charge in [0.2, 0.25) is 35.4 Å². The smallest absolute Gasteiger partial charge is 0.268 e. The predicted octanol–water partition coefficient (Wildman–Crippen LogP) is 0.146. The number of nitrogens with zero attached hydrogens (tertiary/aromatic N) is 4. The Hall–Kier alpha value is -4.52. The first-order valence-corrected chi connectivity index (χ1v) is 12.1. The Morgan fingerprint density at radius 2 is 0.673 bits per heavy atom. The average molecular weight is 729 g/mol. The fourth-order valence-electron chi connectivity index (χ4n) is 1.58. The van der Waals surface area contributed by atoms with Gasteiger partial charge >= 0.3 is 0 Å². The normalized spacial score (nSPS) is 7.71. The van der Waals surface area contributed by atoms with Crippen molar-refractivity contribution in [3.05, 3.63) is 0 Å². The summed E-state index contributed by atoms with van der Waals surface area (Å²) in [6.45, 7) is 6.25. The summed E-state index contributed by atoms with van der Waals surface area (Å²) >= 11 is 0. The molecule has 0 aromatic rings. The molecule has 8 amide bonds. The first-order valence-electron chi connectivity index (χ1n) is 12.1. The van der Waals surface area contributed by atoms with E-state index in [1.807, 2.05) is 6.92 Å². The molecule has 0 aromatic heterocycles. The van der Waals surface area contributed by atoms with Crippen molar-refractivity contribution in [1.29, 1.82) is 0 Å². The van der Waals surface area contributed by atoms with Crippen molar-refractivity contribution in [3.63, 3.8) is 0 Å². The summed E-state index contributed by atoms with van der Waals surface area (Å²) in [5, 5.41) is 58.5. The highest BCUT2D eigenvalue weighted by Gasteiger charge is 2.24. The summed E-state index contributed by atoms with van der Waals surface area (Å²) in [5.41, 5.74) is 5.56. The molecular formula is C26H64N8O15. The van der Waals surface area contributed by atoms with E-state index in [9.17, 15) is 54.0 Å². The second-order valence-corrected chi connectivity index (χ2v) is 7.69. The molecule has 23 nitrogen and oxygen atoms in total. The molecule has 49 heavy (non-hydrogen) atoms. The van der Waals surface area contributed by atoms with Gasteiger partial charge < -0.3 is 4.90 Å². The highest BCUT2D eigenvalue weighted by atomic mass is 16.5. The highest BCUT2D eigenvalue weighted by molar-refractivity contribution is 5.88. The van der Waals surface area contributed by atoms with Gasteiger partial charge in [0.15, 0.2) is 0 Å². The maximum atomic E-state index is 11.7. The molecule has 0 saturated heterocycles. The third-order valence-electron chi connectivity index (χ3n) is 3.64. The van der Waals surface area contributed by atoms with Crippen LogP contribution in [-0.4, -0.2) is 137 Å². The van der Waals surface area contributed by atoms with Gasteiger partial charge in [0.1, 0.15) is 19.6 Å². The molecule has 0 unspecified atom stereocenters. The number of rotatable bonds is 9. The van der Waals surface area contributed by atoms with Crippen LogP contribution >= 0.6 is 0 Å². The van der Waals surface area contributed by atoms with Crippen LogP contribution < -0.4 is 21.9 Å². The lowest BCUT2D eigenvalue weighted by Crippen LogP contribution is -2.46. The van der Waals surface area contributed by atoms with Crippen LogP contribution in [0.1, 0.15) is 91.5 Å². The fourth-order valence-corrected chi connectivity index (χ4v) is 1.58. The van der Waals surface area contributed by atoms with Crippen LogP contribution in [0.3, 0.4) is 0 Å². The van der Waals surface area contributed by atoms with E-state index in [1.165, 1.54) is 68.5 Å². The lowest BCUT2D eigenvalue weighted by atomic mass is 10.4. The summed E-state index contributed by atoms with van der Waals surface area (Å²) in [7, 11) is 1.51. The molecule has 0 aliphatic carbocycles. The SMILES string of the molecule is C.C.C.C.C.CC(=O)NO.CC(=O)NO.CC(=O)NO.CC(=O)NO.CCCN(C)C(=O)CN(O)C(=O)CN(O)C(=O)CN(O)C(=O)CC.